The summed E-state index contributed by atoms with van der Waals surface area (Å²) in [5.41, 5.74) is 0. The van der Waals surface area contributed by atoms with Gasteiger partial charge >= 0.3 is 0 Å². The van der Waals surface area contributed by atoms with E-state index in [1.54, 1.807) is 0 Å². The highest BCUT2D eigenvalue weighted by molar-refractivity contribution is 5.40. The number of aromatic nitrogens is 2. The molecule has 3 rings (SSSR count). The van der Waals surface area contributed by atoms with Crippen LogP contribution in [0.1, 0.15) is 46.0 Å². The molecule has 4 nitrogen and oxygen atoms in total. The van der Waals surface area contributed by atoms with E-state index in [0.717, 1.165) is 24.8 Å². The Morgan fingerprint density at radius 2 is 2.00 bits per heavy atom. The first kappa shape index (κ1) is 14.9. The van der Waals surface area contributed by atoms with Crippen LogP contribution in [0.5, 0.6) is 0 Å². The highest BCUT2D eigenvalue weighted by Crippen LogP contribution is 2.30. The minimum absolute atomic E-state index is 0.555. The Kier molecular flexibility index (Phi) is 4.53. The summed E-state index contributed by atoms with van der Waals surface area (Å²) in [6.45, 7) is 6.85. The van der Waals surface area contributed by atoms with Crippen molar-refractivity contribution in [3.8, 4) is 0 Å². The molecule has 4 heteroatoms. The fourth-order valence-corrected chi connectivity index (χ4v) is 4.06. The highest BCUT2D eigenvalue weighted by Gasteiger charge is 2.34. The van der Waals surface area contributed by atoms with Crippen molar-refractivity contribution in [1.29, 1.82) is 0 Å². The lowest BCUT2D eigenvalue weighted by Crippen LogP contribution is -2.60. The second-order valence-electron chi connectivity index (χ2n) is 7.22. The molecule has 2 fully saturated rings. The third-order valence-electron chi connectivity index (χ3n) is 5.37. The molecule has 0 amide bonds. The van der Waals surface area contributed by atoms with Crippen LogP contribution in [-0.4, -0.2) is 35.0 Å². The predicted molar refractivity (Wildman–Crippen MR) is 87.5 cm³/mol. The third kappa shape index (κ3) is 3.25. The molecule has 1 aliphatic heterocycles. The number of nitrogens with zero attached hydrogens (tertiary/aromatic N) is 3. The average molecular weight is 290 g/mol. The monoisotopic (exact) mass is 290 g/mol. The zero-order valence-electron chi connectivity index (χ0n) is 13.8. The van der Waals surface area contributed by atoms with Gasteiger partial charge in [0.25, 0.3) is 0 Å². The standard InChI is InChI=1S/C17H30N4/c1-13(2)16-11-18-15(14-7-5-4-6-8-14)12-21(16)17-9-10-20(3)19-17/h9-10,13-16,18H,4-8,11-12H2,1-3H3. The molecule has 1 N–H and O–H groups in total. The van der Waals surface area contributed by atoms with Crippen molar-refractivity contribution in [2.45, 2.75) is 58.0 Å². The van der Waals surface area contributed by atoms with E-state index in [2.05, 4.69) is 41.4 Å². The van der Waals surface area contributed by atoms with Crippen LogP contribution in [0.25, 0.3) is 0 Å². The molecule has 2 atom stereocenters. The predicted octanol–water partition coefficient (Wildman–Crippen LogP) is 2.80. The van der Waals surface area contributed by atoms with E-state index in [0.29, 0.717) is 18.0 Å². The van der Waals surface area contributed by atoms with Crippen LogP contribution in [0.2, 0.25) is 0 Å². The summed E-state index contributed by atoms with van der Waals surface area (Å²) < 4.78 is 1.92. The molecule has 0 spiro atoms. The van der Waals surface area contributed by atoms with Gasteiger partial charge in [0.2, 0.25) is 0 Å². The van der Waals surface area contributed by atoms with Crippen LogP contribution < -0.4 is 10.2 Å². The largest absolute Gasteiger partial charge is 0.349 e. The van der Waals surface area contributed by atoms with Crippen molar-refractivity contribution in [2.75, 3.05) is 18.0 Å². The number of hydrogen-bond donors (Lipinski definition) is 1. The van der Waals surface area contributed by atoms with Crippen molar-refractivity contribution in [2.24, 2.45) is 18.9 Å². The fraction of sp³-hybridized carbons (Fsp3) is 0.824. The van der Waals surface area contributed by atoms with Crippen LogP contribution in [0.15, 0.2) is 12.3 Å². The van der Waals surface area contributed by atoms with Crippen molar-refractivity contribution >= 4 is 5.82 Å². The molecule has 118 valence electrons. The van der Waals surface area contributed by atoms with Crippen molar-refractivity contribution < 1.29 is 0 Å². The van der Waals surface area contributed by atoms with Gasteiger partial charge < -0.3 is 10.2 Å². The average Bonchev–Trinajstić information content (AvgIpc) is 2.94. The normalized spacial score (nSPS) is 28.3. The van der Waals surface area contributed by atoms with Gasteiger partial charge in [-0.1, -0.05) is 33.1 Å². The molecule has 2 heterocycles. The third-order valence-corrected chi connectivity index (χ3v) is 5.37. The maximum Gasteiger partial charge on any atom is 0.150 e. The molecule has 1 saturated heterocycles. The molecule has 2 unspecified atom stereocenters. The molecular weight excluding hydrogens is 260 g/mol. The Bertz CT molecular complexity index is 447. The van der Waals surface area contributed by atoms with Crippen LogP contribution in [0, 0.1) is 11.8 Å². The maximum atomic E-state index is 4.66. The van der Waals surface area contributed by atoms with Crippen LogP contribution in [0.4, 0.5) is 5.82 Å². The van der Waals surface area contributed by atoms with Crippen LogP contribution >= 0.6 is 0 Å². The first-order chi connectivity index (χ1) is 10.1. The van der Waals surface area contributed by atoms with Gasteiger partial charge in [0.05, 0.1) is 0 Å². The van der Waals surface area contributed by atoms with Crippen molar-refractivity contribution in [3.05, 3.63) is 12.3 Å². The topological polar surface area (TPSA) is 33.1 Å². The van der Waals surface area contributed by atoms with Crippen LogP contribution in [-0.2, 0) is 7.05 Å². The van der Waals surface area contributed by atoms with E-state index in [1.165, 1.54) is 32.1 Å². The molecule has 1 saturated carbocycles. The number of piperazine rings is 1. The van der Waals surface area contributed by atoms with Gasteiger partial charge in [0.15, 0.2) is 5.82 Å². The summed E-state index contributed by atoms with van der Waals surface area (Å²) in [5, 5.41) is 8.51. The van der Waals surface area contributed by atoms with Crippen molar-refractivity contribution in [3.63, 3.8) is 0 Å². The second kappa shape index (κ2) is 6.39. The van der Waals surface area contributed by atoms with Gasteiger partial charge in [0.1, 0.15) is 0 Å². The fourth-order valence-electron chi connectivity index (χ4n) is 4.06. The Morgan fingerprint density at radius 3 is 2.62 bits per heavy atom. The molecular formula is C17H30N4. The molecule has 1 aromatic rings. The molecule has 0 bridgehead atoms. The van der Waals surface area contributed by atoms with E-state index in [1.807, 2.05) is 11.7 Å². The van der Waals surface area contributed by atoms with Gasteiger partial charge in [-0.2, -0.15) is 5.10 Å². The molecule has 1 aliphatic carbocycles. The van der Waals surface area contributed by atoms with E-state index in [4.69, 9.17) is 0 Å². The number of anilines is 1. The van der Waals surface area contributed by atoms with Gasteiger partial charge in [-0.05, 0) is 24.7 Å². The lowest BCUT2D eigenvalue weighted by molar-refractivity contribution is 0.228. The minimum Gasteiger partial charge on any atom is -0.349 e. The van der Waals surface area contributed by atoms with E-state index in [9.17, 15) is 0 Å². The SMILES string of the molecule is CC(C)C1CNC(C2CCCCC2)CN1c1ccn(C)n1. The van der Waals surface area contributed by atoms with E-state index >= 15 is 0 Å². The number of nitrogens with one attached hydrogen (secondary N) is 1. The Hall–Kier alpha value is -1.03. The lowest BCUT2D eigenvalue weighted by atomic mass is 9.82. The molecule has 21 heavy (non-hydrogen) atoms. The molecule has 0 aromatic carbocycles. The maximum absolute atomic E-state index is 4.66. The van der Waals surface area contributed by atoms with Crippen molar-refractivity contribution in [1.82, 2.24) is 15.1 Å². The second-order valence-corrected chi connectivity index (χ2v) is 7.22. The number of aryl methyl sites for hydroxylation is 1. The van der Waals surface area contributed by atoms with Crippen LogP contribution in [0.3, 0.4) is 0 Å². The number of rotatable bonds is 3. The Labute approximate surface area is 128 Å². The summed E-state index contributed by atoms with van der Waals surface area (Å²) in [7, 11) is 2.01. The van der Waals surface area contributed by atoms with Gasteiger partial charge in [-0.15, -0.1) is 0 Å². The van der Waals surface area contributed by atoms with Gasteiger partial charge in [-0.25, -0.2) is 0 Å². The zero-order chi connectivity index (χ0) is 14.8. The van der Waals surface area contributed by atoms with Gasteiger partial charge in [-0.3, -0.25) is 4.68 Å². The summed E-state index contributed by atoms with van der Waals surface area (Å²) in [6, 6.07) is 3.36. The first-order valence-electron chi connectivity index (χ1n) is 8.65. The van der Waals surface area contributed by atoms with Gasteiger partial charge in [0, 0.05) is 44.5 Å². The minimum atomic E-state index is 0.555. The number of hydrogen-bond acceptors (Lipinski definition) is 3. The molecule has 2 aliphatic rings. The summed E-state index contributed by atoms with van der Waals surface area (Å²) in [6.07, 6.45) is 9.13. The first-order valence-corrected chi connectivity index (χ1v) is 8.65. The Balaban J connectivity index is 1.75. The molecule has 1 aromatic heterocycles. The zero-order valence-corrected chi connectivity index (χ0v) is 13.8. The quantitative estimate of drug-likeness (QED) is 0.929. The lowest BCUT2D eigenvalue weighted by Gasteiger charge is -2.45. The van der Waals surface area contributed by atoms with E-state index in [-0.39, 0.29) is 0 Å². The Morgan fingerprint density at radius 1 is 1.24 bits per heavy atom. The molecule has 0 radical (unpaired) electrons. The summed E-state index contributed by atoms with van der Waals surface area (Å²) >= 11 is 0. The highest BCUT2D eigenvalue weighted by atomic mass is 15.4. The summed E-state index contributed by atoms with van der Waals surface area (Å²) in [5.74, 6) is 2.66. The van der Waals surface area contributed by atoms with E-state index < -0.39 is 0 Å². The smallest absolute Gasteiger partial charge is 0.150 e. The summed E-state index contributed by atoms with van der Waals surface area (Å²) in [4.78, 5) is 2.56.